The van der Waals surface area contributed by atoms with Gasteiger partial charge in [-0.1, -0.05) is 24.9 Å². The van der Waals surface area contributed by atoms with E-state index in [4.69, 9.17) is 22.1 Å². The van der Waals surface area contributed by atoms with Crippen LogP contribution in [-0.4, -0.2) is 30.6 Å². The highest BCUT2D eigenvalue weighted by Crippen LogP contribution is 2.33. The SMILES string of the molecule is CCCCNC(N)=NCCCOc1ncc(C(F)(F)F)cc1Cl.I. The molecule has 1 aromatic heterocycles. The minimum absolute atomic E-state index is 0. The van der Waals surface area contributed by atoms with Gasteiger partial charge in [-0.15, -0.1) is 24.0 Å². The monoisotopic (exact) mass is 480 g/mol. The molecule has 0 amide bonds. The van der Waals surface area contributed by atoms with Gasteiger partial charge in [0.05, 0.1) is 12.2 Å². The molecule has 1 rings (SSSR count). The maximum Gasteiger partial charge on any atom is 0.417 e. The minimum atomic E-state index is -4.48. The van der Waals surface area contributed by atoms with Gasteiger partial charge in [0.2, 0.25) is 5.88 Å². The summed E-state index contributed by atoms with van der Waals surface area (Å²) in [5.41, 5.74) is 4.74. The van der Waals surface area contributed by atoms with E-state index < -0.39 is 11.7 Å². The summed E-state index contributed by atoms with van der Waals surface area (Å²) in [4.78, 5) is 7.68. The Bertz CT molecular complexity index is 529. The number of nitrogens with one attached hydrogen (secondary N) is 1. The maximum absolute atomic E-state index is 12.5. The van der Waals surface area contributed by atoms with E-state index >= 15 is 0 Å². The first-order chi connectivity index (χ1) is 10.8. The van der Waals surface area contributed by atoms with E-state index in [0.29, 0.717) is 25.1 Å². The van der Waals surface area contributed by atoms with E-state index in [0.717, 1.165) is 25.5 Å². The summed E-state index contributed by atoms with van der Waals surface area (Å²) >= 11 is 5.72. The van der Waals surface area contributed by atoms with Crippen LogP contribution in [0.2, 0.25) is 5.02 Å². The largest absolute Gasteiger partial charge is 0.477 e. The van der Waals surface area contributed by atoms with E-state index in [1.165, 1.54) is 0 Å². The average Bonchev–Trinajstić information content (AvgIpc) is 2.47. The van der Waals surface area contributed by atoms with Crippen LogP contribution in [0.3, 0.4) is 0 Å². The van der Waals surface area contributed by atoms with Crippen molar-refractivity contribution in [2.45, 2.75) is 32.4 Å². The summed E-state index contributed by atoms with van der Waals surface area (Å²) in [6.45, 7) is 3.51. The zero-order valence-electron chi connectivity index (χ0n) is 13.2. The molecule has 0 radical (unpaired) electrons. The van der Waals surface area contributed by atoms with Crippen LogP contribution >= 0.6 is 35.6 Å². The second-order valence-electron chi connectivity index (χ2n) is 4.76. The van der Waals surface area contributed by atoms with Crippen molar-refractivity contribution in [3.05, 3.63) is 22.8 Å². The Labute approximate surface area is 161 Å². The molecule has 0 fully saturated rings. The topological polar surface area (TPSA) is 72.5 Å². The number of unbranched alkanes of at least 4 members (excludes halogenated alkanes) is 1. The second-order valence-corrected chi connectivity index (χ2v) is 5.17. The molecule has 1 heterocycles. The Balaban J connectivity index is 0.00000529. The van der Waals surface area contributed by atoms with Crippen LogP contribution in [0.15, 0.2) is 17.3 Å². The third-order valence-electron chi connectivity index (χ3n) is 2.79. The first kappa shape index (κ1) is 23.0. The molecule has 0 saturated heterocycles. The quantitative estimate of drug-likeness (QED) is 0.257. The summed E-state index contributed by atoms with van der Waals surface area (Å²) < 4.78 is 42.6. The zero-order valence-corrected chi connectivity index (χ0v) is 16.3. The van der Waals surface area contributed by atoms with Crippen molar-refractivity contribution in [3.8, 4) is 5.88 Å². The molecule has 0 aliphatic carbocycles. The molecule has 0 unspecified atom stereocenters. The van der Waals surface area contributed by atoms with Crippen LogP contribution < -0.4 is 15.8 Å². The normalized spacial score (nSPS) is 11.8. The van der Waals surface area contributed by atoms with Crippen molar-refractivity contribution < 1.29 is 17.9 Å². The van der Waals surface area contributed by atoms with Gasteiger partial charge in [-0.3, -0.25) is 4.99 Å². The van der Waals surface area contributed by atoms with Crippen LogP contribution in [0.25, 0.3) is 0 Å². The van der Waals surface area contributed by atoms with Crippen LogP contribution in [0.5, 0.6) is 5.88 Å². The van der Waals surface area contributed by atoms with Gasteiger partial charge in [0, 0.05) is 25.7 Å². The molecule has 0 aliphatic rings. The number of ether oxygens (including phenoxy) is 1. The van der Waals surface area contributed by atoms with Crippen LogP contribution in [0.4, 0.5) is 13.2 Å². The number of hydrogen-bond donors (Lipinski definition) is 2. The number of alkyl halides is 3. The van der Waals surface area contributed by atoms with Crippen LogP contribution in [-0.2, 0) is 6.18 Å². The number of pyridine rings is 1. The van der Waals surface area contributed by atoms with Gasteiger partial charge < -0.3 is 15.8 Å². The molecule has 1 aromatic rings. The Morgan fingerprint density at radius 2 is 2.12 bits per heavy atom. The molecule has 0 atom stereocenters. The standard InChI is InChI=1S/C14H20ClF3N4O.HI/c1-2-3-5-20-13(19)21-6-4-7-23-12-11(15)8-10(9-22-12)14(16,17)18;/h8-9H,2-7H2,1H3,(H3,19,20,21);1H. The summed E-state index contributed by atoms with van der Waals surface area (Å²) in [6, 6.07) is 0.789. The second kappa shape index (κ2) is 11.6. The highest BCUT2D eigenvalue weighted by Gasteiger charge is 2.31. The molecule has 138 valence electrons. The number of guanidine groups is 1. The van der Waals surface area contributed by atoms with Crippen LogP contribution in [0.1, 0.15) is 31.7 Å². The van der Waals surface area contributed by atoms with Gasteiger partial charge >= 0.3 is 6.18 Å². The predicted octanol–water partition coefficient (Wildman–Crippen LogP) is 3.85. The fraction of sp³-hybridized carbons (Fsp3) is 0.571. The number of rotatable bonds is 8. The van der Waals surface area contributed by atoms with E-state index in [1.807, 2.05) is 0 Å². The highest BCUT2D eigenvalue weighted by molar-refractivity contribution is 14.0. The Morgan fingerprint density at radius 3 is 2.71 bits per heavy atom. The Hall–Kier alpha value is -0.970. The maximum atomic E-state index is 12.5. The van der Waals surface area contributed by atoms with Crippen LogP contribution in [0, 0.1) is 0 Å². The first-order valence-electron chi connectivity index (χ1n) is 7.24. The minimum Gasteiger partial charge on any atom is -0.477 e. The van der Waals surface area contributed by atoms with Gasteiger partial charge in [0.25, 0.3) is 0 Å². The molecule has 5 nitrogen and oxygen atoms in total. The van der Waals surface area contributed by atoms with Gasteiger partial charge in [-0.2, -0.15) is 13.2 Å². The lowest BCUT2D eigenvalue weighted by Gasteiger charge is -2.10. The number of halogens is 5. The van der Waals surface area contributed by atoms with Crippen molar-refractivity contribution in [3.63, 3.8) is 0 Å². The summed E-state index contributed by atoms with van der Waals surface area (Å²) in [5, 5.41) is 2.79. The zero-order chi connectivity index (χ0) is 17.3. The summed E-state index contributed by atoms with van der Waals surface area (Å²) in [6.07, 6.45) is -1.18. The molecule has 3 N–H and O–H groups in total. The Kier molecular flexibility index (Phi) is 11.1. The van der Waals surface area contributed by atoms with E-state index in [9.17, 15) is 13.2 Å². The summed E-state index contributed by atoms with van der Waals surface area (Å²) in [7, 11) is 0. The van der Waals surface area contributed by atoms with Crippen molar-refractivity contribution >= 4 is 41.5 Å². The lowest BCUT2D eigenvalue weighted by atomic mass is 10.3. The molecule has 24 heavy (non-hydrogen) atoms. The fourth-order valence-corrected chi connectivity index (χ4v) is 1.79. The average molecular weight is 481 g/mol. The third-order valence-corrected chi connectivity index (χ3v) is 3.07. The summed E-state index contributed by atoms with van der Waals surface area (Å²) in [5.74, 6) is 0.335. The number of nitrogens with two attached hydrogens (primary N) is 1. The number of nitrogens with zero attached hydrogens (tertiary/aromatic N) is 2. The van der Waals surface area contributed by atoms with E-state index in [2.05, 4.69) is 22.2 Å². The first-order valence-corrected chi connectivity index (χ1v) is 7.61. The number of hydrogen-bond acceptors (Lipinski definition) is 3. The lowest BCUT2D eigenvalue weighted by molar-refractivity contribution is -0.137. The Morgan fingerprint density at radius 1 is 1.42 bits per heavy atom. The van der Waals surface area contributed by atoms with Crippen molar-refractivity contribution in [2.75, 3.05) is 19.7 Å². The highest BCUT2D eigenvalue weighted by atomic mass is 127. The smallest absolute Gasteiger partial charge is 0.417 e. The molecule has 10 heteroatoms. The molecule has 0 aromatic carbocycles. The van der Waals surface area contributed by atoms with Crippen molar-refractivity contribution in [1.29, 1.82) is 0 Å². The number of aromatic nitrogens is 1. The molecule has 0 spiro atoms. The fourth-order valence-electron chi connectivity index (χ4n) is 1.57. The van der Waals surface area contributed by atoms with Gasteiger partial charge in [-0.05, 0) is 12.5 Å². The molecule has 0 aliphatic heterocycles. The van der Waals surface area contributed by atoms with Crippen molar-refractivity contribution in [1.82, 2.24) is 10.3 Å². The molecular weight excluding hydrogens is 460 g/mol. The number of aliphatic imine (C=N–C) groups is 1. The van der Waals surface area contributed by atoms with Gasteiger partial charge in [0.1, 0.15) is 5.02 Å². The van der Waals surface area contributed by atoms with Gasteiger partial charge in [0.15, 0.2) is 5.96 Å². The predicted molar refractivity (Wildman–Crippen MR) is 99.2 cm³/mol. The molecule has 0 saturated carbocycles. The van der Waals surface area contributed by atoms with Crippen molar-refractivity contribution in [2.24, 2.45) is 10.7 Å². The molecule has 0 bridgehead atoms. The van der Waals surface area contributed by atoms with E-state index in [-0.39, 0.29) is 41.5 Å². The molecular formula is C14H21ClF3IN4O. The third kappa shape index (κ3) is 8.76. The van der Waals surface area contributed by atoms with Gasteiger partial charge in [-0.25, -0.2) is 4.98 Å². The van der Waals surface area contributed by atoms with E-state index in [1.54, 1.807) is 0 Å². The lowest BCUT2D eigenvalue weighted by Crippen LogP contribution is -2.32.